The third kappa shape index (κ3) is 6.12. The van der Waals surface area contributed by atoms with Gasteiger partial charge in [-0.25, -0.2) is 4.79 Å². The molecule has 1 aromatic rings. The van der Waals surface area contributed by atoms with Gasteiger partial charge in [-0.15, -0.1) is 6.58 Å². The maximum Gasteiger partial charge on any atom is 0.337 e. The van der Waals surface area contributed by atoms with Crippen LogP contribution in [0.15, 0.2) is 43.0 Å². The number of hydrogen-bond donors (Lipinski definition) is 1. The fourth-order valence-electron chi connectivity index (χ4n) is 2.82. The van der Waals surface area contributed by atoms with Crippen LogP contribution in [0.1, 0.15) is 26.3 Å². The molecule has 1 fully saturated rings. The van der Waals surface area contributed by atoms with Crippen LogP contribution in [0.2, 0.25) is 0 Å². The molecule has 0 spiro atoms. The number of hydrogen-bond acceptors (Lipinski definition) is 8. The zero-order valence-electron chi connectivity index (χ0n) is 17.8. The van der Waals surface area contributed by atoms with E-state index in [2.05, 4.69) is 6.58 Å². The van der Waals surface area contributed by atoms with Gasteiger partial charge in [-0.3, -0.25) is 4.79 Å². The average Bonchev–Trinajstić information content (AvgIpc) is 2.72. The monoisotopic (exact) mass is 422 g/mol. The first-order valence-electron chi connectivity index (χ1n) is 9.69. The second-order valence-electron chi connectivity index (χ2n) is 7.94. The van der Waals surface area contributed by atoms with E-state index in [4.69, 9.17) is 23.7 Å². The van der Waals surface area contributed by atoms with Crippen molar-refractivity contribution in [1.29, 1.82) is 0 Å². The predicted octanol–water partition coefficient (Wildman–Crippen LogP) is 1.99. The van der Waals surface area contributed by atoms with E-state index in [1.54, 1.807) is 20.8 Å². The predicted molar refractivity (Wildman–Crippen MR) is 107 cm³/mol. The highest BCUT2D eigenvalue weighted by molar-refractivity contribution is 5.76. The summed E-state index contributed by atoms with van der Waals surface area (Å²) in [7, 11) is 1.18. The summed E-state index contributed by atoms with van der Waals surface area (Å²) in [6.45, 7) is 8.88. The van der Waals surface area contributed by atoms with Crippen LogP contribution < -0.4 is 0 Å². The molecule has 1 saturated heterocycles. The summed E-state index contributed by atoms with van der Waals surface area (Å²) >= 11 is 0. The van der Waals surface area contributed by atoms with Crippen molar-refractivity contribution in [2.24, 2.45) is 5.41 Å². The maximum absolute atomic E-state index is 12.6. The highest BCUT2D eigenvalue weighted by atomic mass is 16.7. The van der Waals surface area contributed by atoms with Gasteiger partial charge in [-0.05, 0) is 26.3 Å². The number of rotatable bonds is 8. The Balaban J connectivity index is 2.33. The highest BCUT2D eigenvalue weighted by Crippen LogP contribution is 2.30. The largest absolute Gasteiger partial charge is 0.467 e. The number of aliphatic hydroxyl groups is 1. The number of ether oxygens (including phenoxy) is 5. The molecule has 0 unspecified atom stereocenters. The van der Waals surface area contributed by atoms with Crippen molar-refractivity contribution < 1.29 is 38.4 Å². The van der Waals surface area contributed by atoms with Gasteiger partial charge in [-0.2, -0.15) is 0 Å². The van der Waals surface area contributed by atoms with E-state index in [1.165, 1.54) is 13.2 Å². The number of esters is 2. The van der Waals surface area contributed by atoms with Gasteiger partial charge >= 0.3 is 11.9 Å². The Hall–Kier alpha value is -2.26. The Kier molecular flexibility index (Phi) is 8.54. The lowest BCUT2D eigenvalue weighted by Gasteiger charge is -2.43. The minimum Gasteiger partial charge on any atom is -0.467 e. The molecule has 0 aliphatic carbocycles. The molecular weight excluding hydrogens is 392 g/mol. The van der Waals surface area contributed by atoms with Gasteiger partial charge in [0.2, 0.25) is 0 Å². The van der Waals surface area contributed by atoms with E-state index in [0.29, 0.717) is 0 Å². The highest BCUT2D eigenvalue weighted by Gasteiger charge is 2.52. The molecule has 1 aromatic carbocycles. The molecule has 30 heavy (non-hydrogen) atoms. The molecule has 8 nitrogen and oxygen atoms in total. The molecule has 0 bridgehead atoms. The van der Waals surface area contributed by atoms with E-state index >= 15 is 0 Å². The zero-order chi connectivity index (χ0) is 22.3. The van der Waals surface area contributed by atoms with E-state index < -0.39 is 48.1 Å². The second-order valence-corrected chi connectivity index (χ2v) is 7.94. The molecule has 1 aliphatic heterocycles. The maximum atomic E-state index is 12.6. The van der Waals surface area contributed by atoms with Gasteiger partial charge in [0.25, 0.3) is 0 Å². The lowest BCUT2D eigenvalue weighted by molar-refractivity contribution is -0.304. The van der Waals surface area contributed by atoms with Crippen LogP contribution >= 0.6 is 0 Å². The molecule has 0 radical (unpaired) electrons. The minimum absolute atomic E-state index is 0.0730. The Morgan fingerprint density at radius 3 is 2.40 bits per heavy atom. The topological polar surface area (TPSA) is 101 Å². The molecule has 0 saturated carbocycles. The van der Waals surface area contributed by atoms with Crippen molar-refractivity contribution in [3.63, 3.8) is 0 Å². The summed E-state index contributed by atoms with van der Waals surface area (Å²) in [4.78, 5) is 24.7. The van der Waals surface area contributed by atoms with Crippen LogP contribution in [-0.2, 0) is 39.9 Å². The molecule has 1 aliphatic rings. The van der Waals surface area contributed by atoms with Gasteiger partial charge in [0.1, 0.15) is 12.2 Å². The van der Waals surface area contributed by atoms with Crippen molar-refractivity contribution >= 4 is 11.9 Å². The third-order valence-corrected chi connectivity index (χ3v) is 4.47. The van der Waals surface area contributed by atoms with Gasteiger partial charge in [0.15, 0.2) is 18.5 Å². The second kappa shape index (κ2) is 10.7. The number of carbonyl (C=O) groups excluding carboxylic acids is 2. The van der Waals surface area contributed by atoms with Crippen LogP contribution in [0.25, 0.3) is 0 Å². The summed E-state index contributed by atoms with van der Waals surface area (Å²) in [5.74, 6) is -1.32. The fourth-order valence-corrected chi connectivity index (χ4v) is 2.82. The standard InChI is InChI=1S/C22H30O8/c1-6-12-27-20-18(30-21(25)22(2,3)4)16(15(23)17(29-20)19(24)26-5)28-13-14-10-8-7-9-11-14/h6-11,15-18,20,23H,1,12-13H2,2-5H3/t15-,16-,17-,18+,20+/m0/s1. The van der Waals surface area contributed by atoms with E-state index in [-0.39, 0.29) is 13.2 Å². The lowest BCUT2D eigenvalue weighted by atomic mass is 9.95. The Morgan fingerprint density at radius 2 is 1.83 bits per heavy atom. The van der Waals surface area contributed by atoms with E-state index in [9.17, 15) is 14.7 Å². The number of carbonyl (C=O) groups is 2. The molecule has 0 aromatic heterocycles. The van der Waals surface area contributed by atoms with Crippen LogP contribution in [0.4, 0.5) is 0 Å². The molecule has 8 heteroatoms. The summed E-state index contributed by atoms with van der Waals surface area (Å²) in [6, 6.07) is 9.27. The summed E-state index contributed by atoms with van der Waals surface area (Å²) in [5.41, 5.74) is 0.0344. The van der Waals surface area contributed by atoms with Crippen LogP contribution in [0, 0.1) is 5.41 Å². The van der Waals surface area contributed by atoms with Gasteiger partial charge in [0, 0.05) is 0 Å². The van der Waals surface area contributed by atoms with Gasteiger partial charge in [-0.1, -0.05) is 36.4 Å². The van der Waals surface area contributed by atoms with Crippen molar-refractivity contribution in [3.05, 3.63) is 48.6 Å². The van der Waals surface area contributed by atoms with Gasteiger partial charge in [0.05, 0.1) is 25.7 Å². The number of methoxy groups -OCH3 is 1. The molecule has 1 N–H and O–H groups in total. The smallest absolute Gasteiger partial charge is 0.337 e. The quantitative estimate of drug-likeness (QED) is 0.502. The third-order valence-electron chi connectivity index (χ3n) is 4.47. The van der Waals surface area contributed by atoms with Crippen molar-refractivity contribution in [2.45, 2.75) is 58.1 Å². The minimum atomic E-state index is -1.44. The fraction of sp³-hybridized carbons (Fsp3) is 0.545. The Morgan fingerprint density at radius 1 is 1.17 bits per heavy atom. The summed E-state index contributed by atoms with van der Waals surface area (Å²) < 4.78 is 27.5. The Labute approximate surface area is 176 Å². The molecular formula is C22H30O8. The first-order valence-corrected chi connectivity index (χ1v) is 9.69. The van der Waals surface area contributed by atoms with Crippen molar-refractivity contribution in [3.8, 4) is 0 Å². The molecule has 2 rings (SSSR count). The zero-order valence-corrected chi connectivity index (χ0v) is 17.8. The van der Waals surface area contributed by atoms with Crippen LogP contribution in [0.3, 0.4) is 0 Å². The molecule has 5 atom stereocenters. The van der Waals surface area contributed by atoms with E-state index in [0.717, 1.165) is 5.56 Å². The molecule has 0 amide bonds. The van der Waals surface area contributed by atoms with E-state index in [1.807, 2.05) is 30.3 Å². The molecule has 1 heterocycles. The number of benzene rings is 1. The summed E-state index contributed by atoms with van der Waals surface area (Å²) in [6.07, 6.45) is -4.69. The average molecular weight is 422 g/mol. The van der Waals surface area contributed by atoms with Crippen LogP contribution in [-0.4, -0.2) is 61.5 Å². The van der Waals surface area contributed by atoms with Gasteiger partial charge < -0.3 is 28.8 Å². The lowest BCUT2D eigenvalue weighted by Crippen LogP contribution is -2.62. The first-order chi connectivity index (χ1) is 14.2. The SMILES string of the molecule is C=CCO[C@@H]1O[C@H](C(=O)OC)[C@@H](O)[C@H](OCc2ccccc2)[C@H]1OC(=O)C(C)(C)C. The molecule has 166 valence electrons. The first kappa shape index (κ1) is 24.0. The number of aliphatic hydroxyl groups excluding tert-OH is 1. The normalized spacial score (nSPS) is 26.6. The van der Waals surface area contributed by atoms with Crippen LogP contribution in [0.5, 0.6) is 0 Å². The summed E-state index contributed by atoms with van der Waals surface area (Å²) in [5, 5.41) is 10.8. The van der Waals surface area contributed by atoms with Crippen molar-refractivity contribution in [2.75, 3.05) is 13.7 Å². The van der Waals surface area contributed by atoms with Crippen molar-refractivity contribution in [1.82, 2.24) is 0 Å². The Bertz CT molecular complexity index is 712.